The number of carbonyl (C=O) groups is 2. The predicted octanol–water partition coefficient (Wildman–Crippen LogP) is 1.52. The largest absolute Gasteiger partial charge is 0.456 e. The van der Waals surface area contributed by atoms with Crippen molar-refractivity contribution >= 4 is 23.3 Å². The first-order valence-electron chi connectivity index (χ1n) is 7.53. The van der Waals surface area contributed by atoms with Gasteiger partial charge < -0.3 is 15.5 Å². The second kappa shape index (κ2) is 6.17. The molecular weight excluding hydrogens is 282 g/mol. The second-order valence-electron chi connectivity index (χ2n) is 5.60. The van der Waals surface area contributed by atoms with Crippen LogP contribution in [0.3, 0.4) is 0 Å². The third-order valence-corrected chi connectivity index (χ3v) is 3.94. The van der Waals surface area contributed by atoms with E-state index in [-0.39, 0.29) is 24.9 Å². The van der Waals surface area contributed by atoms with Gasteiger partial charge in [0.2, 0.25) is 0 Å². The minimum atomic E-state index is -0.382. The van der Waals surface area contributed by atoms with Crippen LogP contribution in [-0.4, -0.2) is 30.7 Å². The van der Waals surface area contributed by atoms with Crippen LogP contribution in [0.4, 0.5) is 5.69 Å². The zero-order chi connectivity index (χ0) is 15.5. The van der Waals surface area contributed by atoms with E-state index in [9.17, 15) is 9.59 Å². The maximum atomic E-state index is 11.7. The SMILES string of the molecule is CCC(=O)OCC(=O)Nc1ccc(C2=NNCC3CC23)cc1. The average molecular weight is 301 g/mol. The second-order valence-corrected chi connectivity index (χ2v) is 5.60. The van der Waals surface area contributed by atoms with E-state index in [1.165, 1.54) is 6.42 Å². The molecule has 116 valence electrons. The minimum Gasteiger partial charge on any atom is -0.456 e. The lowest BCUT2D eigenvalue weighted by Gasteiger charge is -2.13. The Morgan fingerprint density at radius 2 is 2.14 bits per heavy atom. The van der Waals surface area contributed by atoms with Crippen molar-refractivity contribution in [2.45, 2.75) is 19.8 Å². The van der Waals surface area contributed by atoms with Gasteiger partial charge in [-0.2, -0.15) is 5.10 Å². The number of amides is 1. The third kappa shape index (κ3) is 3.27. The summed E-state index contributed by atoms with van der Waals surface area (Å²) in [6.45, 7) is 2.40. The molecule has 1 fully saturated rings. The van der Waals surface area contributed by atoms with E-state index in [2.05, 4.69) is 15.8 Å². The molecule has 0 spiro atoms. The highest BCUT2D eigenvalue weighted by atomic mass is 16.5. The number of carbonyl (C=O) groups excluding carboxylic acids is 2. The molecule has 1 saturated carbocycles. The molecule has 1 heterocycles. The summed E-state index contributed by atoms with van der Waals surface area (Å²) in [5, 5.41) is 7.09. The predicted molar refractivity (Wildman–Crippen MR) is 82.5 cm³/mol. The fourth-order valence-electron chi connectivity index (χ4n) is 2.59. The van der Waals surface area contributed by atoms with Crippen LogP contribution < -0.4 is 10.7 Å². The molecule has 1 aliphatic carbocycles. The van der Waals surface area contributed by atoms with E-state index in [1.54, 1.807) is 6.92 Å². The summed E-state index contributed by atoms with van der Waals surface area (Å²) in [7, 11) is 0. The number of fused-ring (bicyclic) bond motifs is 1. The van der Waals surface area contributed by atoms with Gasteiger partial charge >= 0.3 is 5.97 Å². The van der Waals surface area contributed by atoms with Crippen molar-refractivity contribution in [1.82, 2.24) is 5.43 Å². The Labute approximate surface area is 128 Å². The third-order valence-electron chi connectivity index (χ3n) is 3.94. The van der Waals surface area contributed by atoms with Crippen molar-refractivity contribution in [3.8, 4) is 0 Å². The molecule has 1 aliphatic heterocycles. The van der Waals surface area contributed by atoms with E-state index in [0.717, 1.165) is 23.7 Å². The number of hydrogen-bond donors (Lipinski definition) is 2. The van der Waals surface area contributed by atoms with Crippen LogP contribution >= 0.6 is 0 Å². The summed E-state index contributed by atoms with van der Waals surface area (Å²) in [6.07, 6.45) is 1.47. The first kappa shape index (κ1) is 14.6. The lowest BCUT2D eigenvalue weighted by molar-refractivity contribution is -0.146. The first-order chi connectivity index (χ1) is 10.7. The quantitative estimate of drug-likeness (QED) is 0.808. The molecule has 2 unspecified atom stereocenters. The summed E-state index contributed by atoms with van der Waals surface area (Å²) in [5.74, 6) is 0.580. The topological polar surface area (TPSA) is 79.8 Å². The van der Waals surface area contributed by atoms with Crippen molar-refractivity contribution in [2.75, 3.05) is 18.5 Å². The van der Waals surface area contributed by atoms with Crippen molar-refractivity contribution in [1.29, 1.82) is 0 Å². The standard InChI is InChI=1S/C16H19N3O3/c1-2-15(21)22-9-14(20)18-12-5-3-10(4-6-12)16-13-7-11(13)8-17-19-16/h3-6,11,13,17H,2,7-9H2,1H3,(H,18,20). The summed E-state index contributed by atoms with van der Waals surface area (Å²) in [5.41, 5.74) is 5.93. The van der Waals surface area contributed by atoms with Crippen LogP contribution in [0.25, 0.3) is 0 Å². The summed E-state index contributed by atoms with van der Waals surface area (Å²) >= 11 is 0. The monoisotopic (exact) mass is 301 g/mol. The van der Waals surface area contributed by atoms with Gasteiger partial charge in [-0.05, 0) is 30.0 Å². The van der Waals surface area contributed by atoms with E-state index in [0.29, 0.717) is 11.6 Å². The Morgan fingerprint density at radius 1 is 1.36 bits per heavy atom. The van der Waals surface area contributed by atoms with E-state index < -0.39 is 0 Å². The minimum absolute atomic E-state index is 0.255. The summed E-state index contributed by atoms with van der Waals surface area (Å²) in [4.78, 5) is 22.7. The zero-order valence-electron chi connectivity index (χ0n) is 12.5. The molecule has 0 bridgehead atoms. The van der Waals surface area contributed by atoms with Gasteiger partial charge in [0.1, 0.15) is 0 Å². The van der Waals surface area contributed by atoms with Crippen LogP contribution in [0.15, 0.2) is 29.4 Å². The summed E-state index contributed by atoms with van der Waals surface area (Å²) < 4.78 is 4.79. The Morgan fingerprint density at radius 3 is 2.86 bits per heavy atom. The maximum absolute atomic E-state index is 11.7. The van der Waals surface area contributed by atoms with Crippen molar-refractivity contribution in [3.05, 3.63) is 29.8 Å². The Bertz CT molecular complexity index is 610. The van der Waals surface area contributed by atoms with Gasteiger partial charge in [-0.3, -0.25) is 9.59 Å². The molecule has 6 heteroatoms. The number of esters is 1. The highest BCUT2D eigenvalue weighted by Crippen LogP contribution is 2.42. The smallest absolute Gasteiger partial charge is 0.306 e. The van der Waals surface area contributed by atoms with E-state index in [4.69, 9.17) is 4.74 Å². The van der Waals surface area contributed by atoms with Crippen molar-refractivity contribution in [3.63, 3.8) is 0 Å². The number of hydrazone groups is 1. The number of nitrogens with zero attached hydrogens (tertiary/aromatic N) is 1. The van der Waals surface area contributed by atoms with Crippen molar-refractivity contribution in [2.24, 2.45) is 16.9 Å². The lowest BCUT2D eigenvalue weighted by atomic mass is 10.0. The van der Waals surface area contributed by atoms with Gasteiger partial charge in [0, 0.05) is 24.6 Å². The van der Waals surface area contributed by atoms with Gasteiger partial charge in [-0.25, -0.2) is 0 Å². The molecule has 3 rings (SSSR count). The molecule has 22 heavy (non-hydrogen) atoms. The molecule has 1 aromatic rings. The normalized spacial score (nSPS) is 22.0. The van der Waals surface area contributed by atoms with Crippen LogP contribution in [0, 0.1) is 11.8 Å². The number of rotatable bonds is 5. The molecule has 1 aromatic carbocycles. The molecule has 2 N–H and O–H groups in total. The summed E-state index contributed by atoms with van der Waals surface area (Å²) in [6, 6.07) is 7.58. The molecule has 0 aromatic heterocycles. The fourth-order valence-corrected chi connectivity index (χ4v) is 2.59. The number of nitrogens with one attached hydrogen (secondary N) is 2. The molecule has 0 saturated heterocycles. The first-order valence-corrected chi connectivity index (χ1v) is 7.53. The molecule has 6 nitrogen and oxygen atoms in total. The van der Waals surface area contributed by atoms with Gasteiger partial charge in [-0.15, -0.1) is 0 Å². The lowest BCUT2D eigenvalue weighted by Crippen LogP contribution is -2.23. The van der Waals surface area contributed by atoms with Gasteiger partial charge in [0.05, 0.1) is 5.71 Å². The van der Waals surface area contributed by atoms with E-state index in [1.807, 2.05) is 24.3 Å². The number of ether oxygens (including phenoxy) is 1. The van der Waals surface area contributed by atoms with Gasteiger partial charge in [0.15, 0.2) is 6.61 Å². The van der Waals surface area contributed by atoms with Gasteiger partial charge in [0.25, 0.3) is 5.91 Å². The molecular formula is C16H19N3O3. The fraction of sp³-hybridized carbons (Fsp3) is 0.438. The Kier molecular flexibility index (Phi) is 4.09. The van der Waals surface area contributed by atoms with Gasteiger partial charge in [-0.1, -0.05) is 19.1 Å². The molecule has 0 radical (unpaired) electrons. The number of anilines is 1. The zero-order valence-corrected chi connectivity index (χ0v) is 12.5. The average Bonchev–Trinajstić information content (AvgIpc) is 3.33. The molecule has 2 aliphatic rings. The van der Waals surface area contributed by atoms with Crippen molar-refractivity contribution < 1.29 is 14.3 Å². The van der Waals surface area contributed by atoms with Crippen LogP contribution in [-0.2, 0) is 14.3 Å². The molecule has 1 amide bonds. The number of hydrogen-bond acceptors (Lipinski definition) is 5. The molecule has 2 atom stereocenters. The van der Waals surface area contributed by atoms with Crippen LogP contribution in [0.1, 0.15) is 25.3 Å². The maximum Gasteiger partial charge on any atom is 0.306 e. The Hall–Kier alpha value is -2.37. The van der Waals surface area contributed by atoms with Crippen LogP contribution in [0.2, 0.25) is 0 Å². The number of benzene rings is 1. The van der Waals surface area contributed by atoms with E-state index >= 15 is 0 Å². The highest BCUT2D eigenvalue weighted by molar-refractivity contribution is 6.04. The Balaban J connectivity index is 1.56. The van der Waals surface area contributed by atoms with Crippen LogP contribution in [0.5, 0.6) is 0 Å². The highest BCUT2D eigenvalue weighted by Gasteiger charge is 2.43.